The minimum atomic E-state index is 0.0450. The van der Waals surface area contributed by atoms with Gasteiger partial charge in [0.25, 0.3) is 0 Å². The summed E-state index contributed by atoms with van der Waals surface area (Å²) in [6.07, 6.45) is 1.01. The summed E-state index contributed by atoms with van der Waals surface area (Å²) >= 11 is 0. The minimum Gasteiger partial charge on any atom is -0.359 e. The van der Waals surface area contributed by atoms with Crippen LogP contribution in [0.2, 0.25) is 0 Å². The Balaban J connectivity index is 1.76. The van der Waals surface area contributed by atoms with Gasteiger partial charge in [-0.2, -0.15) is 0 Å². The zero-order chi connectivity index (χ0) is 16.6. The van der Waals surface area contributed by atoms with Gasteiger partial charge in [-0.1, -0.05) is 35.9 Å². The molecule has 1 aliphatic rings. The van der Waals surface area contributed by atoms with Crippen LogP contribution in [0.25, 0.3) is 0 Å². The lowest BCUT2D eigenvalue weighted by Gasteiger charge is -2.24. The van der Waals surface area contributed by atoms with Gasteiger partial charge < -0.3 is 10.2 Å². The van der Waals surface area contributed by atoms with Gasteiger partial charge in [-0.25, -0.2) is 0 Å². The standard InChI is InChI=1S/C20H24N2O/c1-13-9-14(2)20(15(3)10-13)21-19(23)12-22-16(4)11-17-7-5-6-8-18(17)22/h5-10,16H,11-12H2,1-4H3,(H,21,23)/t16-/m0/s1. The maximum absolute atomic E-state index is 12.6. The van der Waals surface area contributed by atoms with Gasteiger partial charge in [0.05, 0.1) is 6.54 Å². The molecule has 23 heavy (non-hydrogen) atoms. The summed E-state index contributed by atoms with van der Waals surface area (Å²) in [5.41, 5.74) is 6.92. The van der Waals surface area contributed by atoms with E-state index in [0.717, 1.165) is 23.2 Å². The second-order valence-corrected chi connectivity index (χ2v) is 6.63. The van der Waals surface area contributed by atoms with Crippen LogP contribution in [0.5, 0.6) is 0 Å². The van der Waals surface area contributed by atoms with Crippen molar-refractivity contribution in [2.45, 2.75) is 40.2 Å². The Labute approximate surface area is 138 Å². The molecule has 0 aromatic heterocycles. The number of fused-ring (bicyclic) bond motifs is 1. The van der Waals surface area contributed by atoms with Gasteiger partial charge in [0.15, 0.2) is 0 Å². The molecule has 0 fully saturated rings. The molecule has 1 N–H and O–H groups in total. The number of para-hydroxylation sites is 1. The van der Waals surface area contributed by atoms with Crippen LogP contribution in [0.1, 0.15) is 29.2 Å². The molecule has 1 aliphatic heterocycles. The number of nitrogens with zero attached hydrogens (tertiary/aromatic N) is 1. The zero-order valence-electron chi connectivity index (χ0n) is 14.3. The average Bonchev–Trinajstić information content (AvgIpc) is 2.79. The average molecular weight is 308 g/mol. The molecule has 2 aromatic carbocycles. The van der Waals surface area contributed by atoms with Crippen LogP contribution in [0.15, 0.2) is 36.4 Å². The number of anilines is 2. The maximum atomic E-state index is 12.6. The van der Waals surface area contributed by atoms with Gasteiger partial charge in [0, 0.05) is 17.4 Å². The van der Waals surface area contributed by atoms with Crippen LogP contribution >= 0.6 is 0 Å². The Kier molecular flexibility index (Phi) is 4.12. The SMILES string of the molecule is Cc1cc(C)c(NC(=O)CN2c3ccccc3C[C@@H]2C)c(C)c1. The van der Waals surface area contributed by atoms with Crippen molar-refractivity contribution in [3.63, 3.8) is 0 Å². The van der Waals surface area contributed by atoms with E-state index in [-0.39, 0.29) is 5.91 Å². The Morgan fingerprint density at radius 3 is 2.52 bits per heavy atom. The second-order valence-electron chi connectivity index (χ2n) is 6.63. The van der Waals surface area contributed by atoms with Crippen molar-refractivity contribution in [2.75, 3.05) is 16.8 Å². The molecule has 2 aromatic rings. The van der Waals surface area contributed by atoms with E-state index in [0.29, 0.717) is 12.6 Å². The lowest BCUT2D eigenvalue weighted by Crippen LogP contribution is -2.37. The summed E-state index contributed by atoms with van der Waals surface area (Å²) in [6.45, 7) is 8.74. The molecule has 0 bridgehead atoms. The van der Waals surface area contributed by atoms with Gasteiger partial charge in [-0.15, -0.1) is 0 Å². The summed E-state index contributed by atoms with van der Waals surface area (Å²) < 4.78 is 0. The second kappa shape index (κ2) is 6.07. The Bertz CT molecular complexity index is 728. The largest absolute Gasteiger partial charge is 0.359 e. The topological polar surface area (TPSA) is 32.3 Å². The highest BCUT2D eigenvalue weighted by Crippen LogP contribution is 2.31. The molecule has 1 amide bonds. The quantitative estimate of drug-likeness (QED) is 0.929. The molecular formula is C20H24N2O. The molecule has 1 atom stereocenters. The van der Waals surface area contributed by atoms with E-state index in [4.69, 9.17) is 0 Å². The monoisotopic (exact) mass is 308 g/mol. The van der Waals surface area contributed by atoms with Crippen molar-refractivity contribution in [3.8, 4) is 0 Å². The number of carbonyl (C=O) groups excluding carboxylic acids is 1. The first-order valence-corrected chi connectivity index (χ1v) is 8.18. The molecule has 3 rings (SSSR count). The Hall–Kier alpha value is -2.29. The number of hydrogen-bond acceptors (Lipinski definition) is 2. The van der Waals surface area contributed by atoms with Crippen LogP contribution < -0.4 is 10.2 Å². The number of carbonyl (C=O) groups is 1. The van der Waals surface area contributed by atoms with Crippen molar-refractivity contribution in [3.05, 3.63) is 58.7 Å². The van der Waals surface area contributed by atoms with Crippen molar-refractivity contribution < 1.29 is 4.79 Å². The first-order valence-electron chi connectivity index (χ1n) is 8.18. The van der Waals surface area contributed by atoms with Crippen molar-refractivity contribution in [1.29, 1.82) is 0 Å². The van der Waals surface area contributed by atoms with Gasteiger partial charge >= 0.3 is 0 Å². The van der Waals surface area contributed by atoms with E-state index < -0.39 is 0 Å². The van der Waals surface area contributed by atoms with Crippen LogP contribution in [0.3, 0.4) is 0 Å². The lowest BCUT2D eigenvalue weighted by atomic mass is 10.1. The van der Waals surface area contributed by atoms with E-state index in [1.54, 1.807) is 0 Å². The predicted molar refractivity (Wildman–Crippen MR) is 96.2 cm³/mol. The fourth-order valence-electron chi connectivity index (χ4n) is 3.58. The molecule has 120 valence electrons. The predicted octanol–water partition coefficient (Wildman–Crippen LogP) is 4.00. The number of rotatable bonds is 3. The summed E-state index contributed by atoms with van der Waals surface area (Å²) in [5, 5.41) is 3.10. The number of amides is 1. The highest BCUT2D eigenvalue weighted by Gasteiger charge is 2.27. The van der Waals surface area contributed by atoms with Crippen LogP contribution in [0, 0.1) is 20.8 Å². The fraction of sp³-hybridized carbons (Fsp3) is 0.350. The summed E-state index contributed by atoms with van der Waals surface area (Å²) in [6, 6.07) is 12.9. The summed E-state index contributed by atoms with van der Waals surface area (Å²) in [5.74, 6) is 0.0450. The van der Waals surface area contributed by atoms with Crippen LogP contribution in [-0.2, 0) is 11.2 Å². The minimum absolute atomic E-state index is 0.0450. The van der Waals surface area contributed by atoms with E-state index in [1.165, 1.54) is 16.8 Å². The number of nitrogens with one attached hydrogen (secondary N) is 1. The molecule has 0 saturated heterocycles. The highest BCUT2D eigenvalue weighted by atomic mass is 16.2. The lowest BCUT2D eigenvalue weighted by molar-refractivity contribution is -0.115. The van der Waals surface area contributed by atoms with E-state index in [1.807, 2.05) is 19.9 Å². The molecular weight excluding hydrogens is 284 g/mol. The highest BCUT2D eigenvalue weighted by molar-refractivity contribution is 5.96. The van der Waals surface area contributed by atoms with Gasteiger partial charge in [0.2, 0.25) is 5.91 Å². The van der Waals surface area contributed by atoms with Gasteiger partial charge in [-0.3, -0.25) is 4.79 Å². The Morgan fingerprint density at radius 2 is 1.83 bits per heavy atom. The molecule has 3 heteroatoms. The molecule has 3 nitrogen and oxygen atoms in total. The Morgan fingerprint density at radius 1 is 1.17 bits per heavy atom. The van der Waals surface area contributed by atoms with Crippen molar-refractivity contribution >= 4 is 17.3 Å². The maximum Gasteiger partial charge on any atom is 0.243 e. The number of benzene rings is 2. The van der Waals surface area contributed by atoms with Crippen molar-refractivity contribution in [2.24, 2.45) is 0 Å². The smallest absolute Gasteiger partial charge is 0.243 e. The fourth-order valence-corrected chi connectivity index (χ4v) is 3.58. The third-order valence-corrected chi connectivity index (χ3v) is 4.60. The van der Waals surface area contributed by atoms with Crippen LogP contribution in [0.4, 0.5) is 11.4 Å². The third-order valence-electron chi connectivity index (χ3n) is 4.60. The van der Waals surface area contributed by atoms with Gasteiger partial charge in [-0.05, 0) is 56.9 Å². The van der Waals surface area contributed by atoms with E-state index in [9.17, 15) is 4.79 Å². The molecule has 0 unspecified atom stereocenters. The molecule has 0 aliphatic carbocycles. The number of aryl methyl sites for hydroxylation is 3. The van der Waals surface area contributed by atoms with Gasteiger partial charge in [0.1, 0.15) is 0 Å². The summed E-state index contributed by atoms with van der Waals surface area (Å²) in [4.78, 5) is 14.8. The zero-order valence-corrected chi connectivity index (χ0v) is 14.3. The first kappa shape index (κ1) is 15.6. The van der Waals surface area contributed by atoms with E-state index >= 15 is 0 Å². The van der Waals surface area contributed by atoms with Crippen LogP contribution in [-0.4, -0.2) is 18.5 Å². The van der Waals surface area contributed by atoms with E-state index in [2.05, 4.69) is 54.4 Å². The number of hydrogen-bond donors (Lipinski definition) is 1. The first-order chi connectivity index (χ1) is 11.0. The normalized spacial score (nSPS) is 16.3. The molecule has 1 heterocycles. The third kappa shape index (κ3) is 3.09. The molecule has 0 radical (unpaired) electrons. The molecule has 0 saturated carbocycles. The summed E-state index contributed by atoms with van der Waals surface area (Å²) in [7, 11) is 0. The van der Waals surface area contributed by atoms with Crippen molar-refractivity contribution in [1.82, 2.24) is 0 Å². The molecule has 0 spiro atoms.